The Balaban J connectivity index is 2.37. The third-order valence-corrected chi connectivity index (χ3v) is 3.70. The smallest absolute Gasteiger partial charge is 0.226 e. The second-order valence-electron chi connectivity index (χ2n) is 6.15. The average Bonchev–Trinajstić information content (AvgIpc) is 2.49. The van der Waals surface area contributed by atoms with Crippen LogP contribution in [0.25, 0.3) is 0 Å². The van der Waals surface area contributed by atoms with Crippen molar-refractivity contribution in [1.29, 1.82) is 0 Å². The van der Waals surface area contributed by atoms with E-state index in [0.29, 0.717) is 42.9 Å². The van der Waals surface area contributed by atoms with Crippen LogP contribution >= 0.6 is 0 Å². The summed E-state index contributed by atoms with van der Waals surface area (Å²) in [5, 5.41) is 2.97. The standard InChI is InChI=1S/C17H24N2O3/c1-5-16(21)19-11-17(2,3)22-15-7-6-12(10-13(15)19)14(20)8-9-18-4/h6-7,10,18H,5,8-9,11H2,1-4H3. The second-order valence-corrected chi connectivity index (χ2v) is 6.15. The lowest BCUT2D eigenvalue weighted by Crippen LogP contribution is -2.49. The van der Waals surface area contributed by atoms with Gasteiger partial charge in [0.25, 0.3) is 0 Å². The van der Waals surface area contributed by atoms with Crippen molar-refractivity contribution in [2.24, 2.45) is 0 Å². The van der Waals surface area contributed by atoms with E-state index >= 15 is 0 Å². The molecule has 0 saturated carbocycles. The average molecular weight is 304 g/mol. The zero-order valence-corrected chi connectivity index (χ0v) is 13.7. The van der Waals surface area contributed by atoms with Crippen LogP contribution in [0.2, 0.25) is 0 Å². The van der Waals surface area contributed by atoms with Crippen molar-refractivity contribution in [1.82, 2.24) is 5.32 Å². The van der Waals surface area contributed by atoms with Gasteiger partial charge in [0.1, 0.15) is 11.4 Å². The summed E-state index contributed by atoms with van der Waals surface area (Å²) in [7, 11) is 1.82. The molecule has 5 nitrogen and oxygen atoms in total. The van der Waals surface area contributed by atoms with Gasteiger partial charge in [0.15, 0.2) is 5.78 Å². The topological polar surface area (TPSA) is 58.6 Å². The lowest BCUT2D eigenvalue weighted by Gasteiger charge is -2.39. The number of benzene rings is 1. The van der Waals surface area contributed by atoms with Crippen LogP contribution in [-0.4, -0.2) is 37.4 Å². The van der Waals surface area contributed by atoms with Gasteiger partial charge in [-0.1, -0.05) is 6.92 Å². The van der Waals surface area contributed by atoms with Gasteiger partial charge in [0.05, 0.1) is 12.2 Å². The number of carbonyl (C=O) groups excluding carboxylic acids is 2. The number of amides is 1. The molecule has 1 aliphatic heterocycles. The van der Waals surface area contributed by atoms with Gasteiger partial charge >= 0.3 is 0 Å². The first kappa shape index (κ1) is 16.5. The predicted molar refractivity (Wildman–Crippen MR) is 86.7 cm³/mol. The van der Waals surface area contributed by atoms with Gasteiger partial charge in [0, 0.05) is 24.9 Å². The van der Waals surface area contributed by atoms with E-state index in [4.69, 9.17) is 4.74 Å². The fourth-order valence-corrected chi connectivity index (χ4v) is 2.58. The van der Waals surface area contributed by atoms with Crippen LogP contribution in [0.5, 0.6) is 5.75 Å². The Morgan fingerprint density at radius 3 is 2.73 bits per heavy atom. The summed E-state index contributed by atoms with van der Waals surface area (Å²) in [6.07, 6.45) is 0.858. The molecule has 1 aliphatic rings. The van der Waals surface area contributed by atoms with E-state index in [1.807, 2.05) is 27.8 Å². The Labute approximate surface area is 131 Å². The van der Waals surface area contributed by atoms with Crippen molar-refractivity contribution in [2.75, 3.05) is 25.0 Å². The molecule has 1 N–H and O–H groups in total. The van der Waals surface area contributed by atoms with E-state index in [9.17, 15) is 9.59 Å². The Hall–Kier alpha value is -1.88. The predicted octanol–water partition coefficient (Wildman–Crippen LogP) is 2.39. The molecular formula is C17H24N2O3. The number of nitrogens with one attached hydrogen (secondary N) is 1. The van der Waals surface area contributed by atoms with Crippen LogP contribution in [0.4, 0.5) is 5.69 Å². The molecule has 0 saturated heterocycles. The highest BCUT2D eigenvalue weighted by Gasteiger charge is 2.34. The summed E-state index contributed by atoms with van der Waals surface area (Å²) >= 11 is 0. The number of hydrogen-bond acceptors (Lipinski definition) is 4. The second kappa shape index (κ2) is 6.48. The number of anilines is 1. The normalized spacial score (nSPS) is 15.9. The third kappa shape index (κ3) is 3.47. The van der Waals surface area contributed by atoms with E-state index in [0.717, 1.165) is 0 Å². The highest BCUT2D eigenvalue weighted by molar-refractivity contribution is 6.00. The maximum Gasteiger partial charge on any atom is 0.226 e. The van der Waals surface area contributed by atoms with Gasteiger partial charge in [-0.05, 0) is 39.1 Å². The molecule has 1 heterocycles. The van der Waals surface area contributed by atoms with Crippen molar-refractivity contribution in [3.05, 3.63) is 23.8 Å². The number of fused-ring (bicyclic) bond motifs is 1. The SMILES string of the molecule is CCC(=O)N1CC(C)(C)Oc2ccc(C(=O)CCNC)cc21. The molecule has 0 atom stereocenters. The van der Waals surface area contributed by atoms with Gasteiger partial charge in [-0.3, -0.25) is 9.59 Å². The van der Waals surface area contributed by atoms with Crippen LogP contribution < -0.4 is 15.0 Å². The van der Waals surface area contributed by atoms with Crippen molar-refractivity contribution >= 4 is 17.4 Å². The Morgan fingerprint density at radius 1 is 1.36 bits per heavy atom. The van der Waals surface area contributed by atoms with Crippen molar-refractivity contribution in [2.45, 2.75) is 39.2 Å². The fraction of sp³-hybridized carbons (Fsp3) is 0.529. The van der Waals surface area contributed by atoms with Gasteiger partial charge in [-0.2, -0.15) is 0 Å². The van der Waals surface area contributed by atoms with Gasteiger partial charge in [-0.25, -0.2) is 0 Å². The van der Waals surface area contributed by atoms with Crippen LogP contribution in [0, 0.1) is 0 Å². The minimum absolute atomic E-state index is 0.0393. The number of hydrogen-bond donors (Lipinski definition) is 1. The number of carbonyl (C=O) groups is 2. The minimum Gasteiger partial charge on any atom is -0.484 e. The molecule has 0 unspecified atom stereocenters. The molecule has 0 spiro atoms. The van der Waals surface area contributed by atoms with Crippen LogP contribution in [0.1, 0.15) is 44.0 Å². The number of rotatable bonds is 5. The Morgan fingerprint density at radius 2 is 2.09 bits per heavy atom. The Bertz CT molecular complexity index is 581. The lowest BCUT2D eigenvalue weighted by molar-refractivity contribution is -0.119. The van der Waals surface area contributed by atoms with Gasteiger partial charge in [-0.15, -0.1) is 0 Å². The first-order valence-corrected chi connectivity index (χ1v) is 7.69. The van der Waals surface area contributed by atoms with Crippen LogP contribution in [0.3, 0.4) is 0 Å². The molecule has 1 amide bonds. The summed E-state index contributed by atoms with van der Waals surface area (Å²) in [6, 6.07) is 5.34. The molecule has 2 rings (SSSR count). The van der Waals surface area contributed by atoms with E-state index in [1.165, 1.54) is 0 Å². The van der Waals surface area contributed by atoms with Crippen LogP contribution in [0.15, 0.2) is 18.2 Å². The first-order chi connectivity index (χ1) is 10.4. The van der Waals surface area contributed by atoms with Crippen molar-refractivity contribution in [3.8, 4) is 5.75 Å². The fourth-order valence-electron chi connectivity index (χ4n) is 2.58. The molecule has 0 bridgehead atoms. The first-order valence-electron chi connectivity index (χ1n) is 7.69. The van der Waals surface area contributed by atoms with Crippen LogP contribution in [-0.2, 0) is 4.79 Å². The molecule has 1 aromatic carbocycles. The molecule has 0 fully saturated rings. The van der Waals surface area contributed by atoms with E-state index < -0.39 is 5.60 Å². The molecule has 0 radical (unpaired) electrons. The summed E-state index contributed by atoms with van der Waals surface area (Å²) in [4.78, 5) is 26.2. The monoisotopic (exact) mass is 304 g/mol. The van der Waals surface area contributed by atoms with E-state index in [2.05, 4.69) is 5.32 Å². The highest BCUT2D eigenvalue weighted by atomic mass is 16.5. The maximum absolute atomic E-state index is 12.2. The summed E-state index contributed by atoms with van der Waals surface area (Å²) in [5.74, 6) is 0.756. The maximum atomic E-state index is 12.2. The molecule has 1 aromatic rings. The molecule has 120 valence electrons. The minimum atomic E-state index is -0.435. The quantitative estimate of drug-likeness (QED) is 0.849. The third-order valence-electron chi connectivity index (χ3n) is 3.70. The zero-order chi connectivity index (χ0) is 16.3. The largest absolute Gasteiger partial charge is 0.484 e. The lowest BCUT2D eigenvalue weighted by atomic mass is 10.0. The van der Waals surface area contributed by atoms with E-state index in [1.54, 1.807) is 23.1 Å². The highest BCUT2D eigenvalue weighted by Crippen LogP contribution is 2.38. The number of nitrogens with zero attached hydrogens (tertiary/aromatic N) is 1. The van der Waals surface area contributed by atoms with Crippen molar-refractivity contribution in [3.63, 3.8) is 0 Å². The molecule has 22 heavy (non-hydrogen) atoms. The molecule has 5 heteroatoms. The number of ketones is 1. The van der Waals surface area contributed by atoms with E-state index in [-0.39, 0.29) is 11.7 Å². The Kier molecular flexibility index (Phi) is 4.86. The zero-order valence-electron chi connectivity index (χ0n) is 13.7. The molecule has 0 aromatic heterocycles. The molecular weight excluding hydrogens is 280 g/mol. The van der Waals surface area contributed by atoms with Gasteiger partial charge in [0.2, 0.25) is 5.91 Å². The summed E-state index contributed by atoms with van der Waals surface area (Å²) < 4.78 is 5.94. The summed E-state index contributed by atoms with van der Waals surface area (Å²) in [5.41, 5.74) is 0.878. The number of Topliss-reactive ketones (excluding diaryl/α,β-unsaturated/α-hetero) is 1. The van der Waals surface area contributed by atoms with Gasteiger partial charge < -0.3 is 15.0 Å². The van der Waals surface area contributed by atoms with Crippen molar-refractivity contribution < 1.29 is 14.3 Å². The molecule has 0 aliphatic carbocycles. The summed E-state index contributed by atoms with van der Waals surface area (Å²) in [6.45, 7) is 6.88. The number of ether oxygens (including phenoxy) is 1.